The second-order valence-electron chi connectivity index (χ2n) is 2.54. The molecule has 1 fully saturated rings. The van der Waals surface area contributed by atoms with Gasteiger partial charge in [0, 0.05) is 17.1 Å². The van der Waals surface area contributed by atoms with Crippen molar-refractivity contribution < 1.29 is 9.52 Å². The van der Waals surface area contributed by atoms with Crippen LogP contribution in [0.15, 0.2) is 23.0 Å². The molecule has 3 heteroatoms. The summed E-state index contributed by atoms with van der Waals surface area (Å²) in [5.41, 5.74) is 0.323. The number of furan rings is 1. The lowest BCUT2D eigenvalue weighted by Gasteiger charge is -2.34. The van der Waals surface area contributed by atoms with Crippen LogP contribution in [0.5, 0.6) is 0 Å². The van der Waals surface area contributed by atoms with Crippen LogP contribution in [0.4, 0.5) is 0 Å². The molecule has 0 amide bonds. The van der Waals surface area contributed by atoms with Gasteiger partial charge in [-0.2, -0.15) is 11.8 Å². The quantitative estimate of drug-likeness (QED) is 0.663. The van der Waals surface area contributed by atoms with Gasteiger partial charge < -0.3 is 9.52 Å². The molecule has 0 atom stereocenters. The number of hydrogen-bond donors (Lipinski definition) is 1. The Bertz CT molecular complexity index is 214. The summed E-state index contributed by atoms with van der Waals surface area (Å²) in [4.78, 5) is 0. The molecule has 0 spiro atoms. The van der Waals surface area contributed by atoms with Crippen molar-refractivity contribution in [1.82, 2.24) is 0 Å². The van der Waals surface area contributed by atoms with Crippen LogP contribution in [0.3, 0.4) is 0 Å². The highest BCUT2D eigenvalue weighted by Crippen LogP contribution is 2.38. The molecule has 2 rings (SSSR count). The Hall–Kier alpha value is -0.410. The molecule has 10 heavy (non-hydrogen) atoms. The van der Waals surface area contributed by atoms with E-state index >= 15 is 0 Å². The van der Waals surface area contributed by atoms with Gasteiger partial charge in [-0.3, -0.25) is 0 Å². The SMILES string of the molecule is OC1(c2ccoc2)CSC1. The van der Waals surface area contributed by atoms with Crippen LogP contribution in [0.2, 0.25) is 0 Å². The number of thioether (sulfide) groups is 1. The molecule has 1 aliphatic rings. The van der Waals surface area contributed by atoms with Crippen molar-refractivity contribution in [3.63, 3.8) is 0 Å². The van der Waals surface area contributed by atoms with Crippen molar-refractivity contribution in [3.05, 3.63) is 24.2 Å². The molecule has 0 radical (unpaired) electrons. The predicted molar refractivity (Wildman–Crippen MR) is 39.9 cm³/mol. The van der Waals surface area contributed by atoms with E-state index in [1.165, 1.54) is 0 Å². The standard InChI is InChI=1S/C7H8O2S/c8-7(4-10-5-7)6-1-2-9-3-6/h1-3,8H,4-5H2. The summed E-state index contributed by atoms with van der Waals surface area (Å²) in [7, 11) is 0. The van der Waals surface area contributed by atoms with E-state index in [1.807, 2.05) is 6.07 Å². The second kappa shape index (κ2) is 2.04. The highest BCUT2D eigenvalue weighted by Gasteiger charge is 2.37. The first-order chi connectivity index (χ1) is 4.81. The van der Waals surface area contributed by atoms with Crippen molar-refractivity contribution in [2.24, 2.45) is 0 Å². The van der Waals surface area contributed by atoms with Gasteiger partial charge in [0.2, 0.25) is 0 Å². The number of rotatable bonds is 1. The van der Waals surface area contributed by atoms with Crippen molar-refractivity contribution >= 4 is 11.8 Å². The minimum atomic E-state index is -0.586. The first kappa shape index (κ1) is 6.31. The molecule has 0 aliphatic carbocycles. The van der Waals surface area contributed by atoms with E-state index in [0.29, 0.717) is 0 Å². The second-order valence-corrected chi connectivity index (χ2v) is 3.52. The molecular formula is C7H8O2S. The van der Waals surface area contributed by atoms with E-state index in [1.54, 1.807) is 24.3 Å². The Morgan fingerprint density at radius 3 is 2.80 bits per heavy atom. The molecule has 0 unspecified atom stereocenters. The maximum Gasteiger partial charge on any atom is 0.111 e. The zero-order valence-corrected chi connectivity index (χ0v) is 6.23. The third-order valence-corrected chi connectivity index (χ3v) is 3.10. The molecular weight excluding hydrogens is 148 g/mol. The van der Waals surface area contributed by atoms with E-state index < -0.39 is 5.60 Å². The largest absolute Gasteiger partial charge is 0.472 e. The Labute approximate surface area is 63.2 Å². The molecule has 1 aliphatic heterocycles. The minimum Gasteiger partial charge on any atom is -0.472 e. The molecule has 0 saturated carbocycles. The van der Waals surface area contributed by atoms with Crippen LogP contribution in [0.25, 0.3) is 0 Å². The van der Waals surface area contributed by atoms with Crippen molar-refractivity contribution in [1.29, 1.82) is 0 Å². The molecule has 1 saturated heterocycles. The van der Waals surface area contributed by atoms with E-state index in [2.05, 4.69) is 0 Å². The van der Waals surface area contributed by atoms with Crippen LogP contribution < -0.4 is 0 Å². The first-order valence-corrected chi connectivity index (χ1v) is 4.29. The third-order valence-electron chi connectivity index (χ3n) is 1.74. The lowest BCUT2D eigenvalue weighted by molar-refractivity contribution is 0.0762. The lowest BCUT2D eigenvalue weighted by atomic mass is 10.0. The van der Waals surface area contributed by atoms with Gasteiger partial charge in [0.15, 0.2) is 0 Å². The van der Waals surface area contributed by atoms with Gasteiger partial charge in [-0.15, -0.1) is 0 Å². The zero-order valence-electron chi connectivity index (χ0n) is 5.41. The fourth-order valence-electron chi connectivity index (χ4n) is 0.991. The fraction of sp³-hybridized carbons (Fsp3) is 0.429. The van der Waals surface area contributed by atoms with Gasteiger partial charge in [0.1, 0.15) is 5.60 Å². The van der Waals surface area contributed by atoms with E-state index in [4.69, 9.17) is 4.42 Å². The summed E-state index contributed by atoms with van der Waals surface area (Å²) < 4.78 is 4.87. The molecule has 1 aromatic rings. The fourth-order valence-corrected chi connectivity index (χ4v) is 1.92. The summed E-state index contributed by atoms with van der Waals surface area (Å²) in [6, 6.07) is 1.82. The van der Waals surface area contributed by atoms with Crippen molar-refractivity contribution in [3.8, 4) is 0 Å². The normalized spacial score (nSPS) is 22.1. The number of hydrogen-bond acceptors (Lipinski definition) is 3. The molecule has 54 valence electrons. The van der Waals surface area contributed by atoms with Gasteiger partial charge in [-0.25, -0.2) is 0 Å². The predicted octanol–water partition coefficient (Wildman–Crippen LogP) is 1.21. The Morgan fingerprint density at radius 1 is 1.60 bits per heavy atom. The van der Waals surface area contributed by atoms with Gasteiger partial charge in [0.05, 0.1) is 12.5 Å². The van der Waals surface area contributed by atoms with Gasteiger partial charge in [-0.05, 0) is 6.07 Å². The van der Waals surface area contributed by atoms with Crippen molar-refractivity contribution in [2.45, 2.75) is 5.60 Å². The highest BCUT2D eigenvalue weighted by molar-refractivity contribution is 8.00. The van der Waals surface area contributed by atoms with Gasteiger partial charge >= 0.3 is 0 Å². The summed E-state index contributed by atoms with van der Waals surface area (Å²) in [6.45, 7) is 0. The molecule has 1 aromatic heterocycles. The smallest absolute Gasteiger partial charge is 0.111 e. The molecule has 0 aromatic carbocycles. The minimum absolute atomic E-state index is 0.586. The van der Waals surface area contributed by atoms with Crippen LogP contribution in [-0.2, 0) is 5.60 Å². The molecule has 2 heterocycles. The third kappa shape index (κ3) is 0.777. The maximum absolute atomic E-state index is 9.69. The van der Waals surface area contributed by atoms with Gasteiger partial charge in [0.25, 0.3) is 0 Å². The van der Waals surface area contributed by atoms with Crippen LogP contribution in [-0.4, -0.2) is 16.6 Å². The van der Waals surface area contributed by atoms with E-state index in [9.17, 15) is 5.11 Å². The number of aliphatic hydroxyl groups is 1. The Morgan fingerprint density at radius 2 is 2.40 bits per heavy atom. The highest BCUT2D eigenvalue weighted by atomic mass is 32.2. The van der Waals surface area contributed by atoms with E-state index in [0.717, 1.165) is 17.1 Å². The average Bonchev–Trinajstić information content (AvgIpc) is 2.33. The molecule has 2 nitrogen and oxygen atoms in total. The summed E-state index contributed by atoms with van der Waals surface area (Å²) in [5.74, 6) is 1.60. The van der Waals surface area contributed by atoms with Crippen LogP contribution >= 0.6 is 11.8 Å². The first-order valence-electron chi connectivity index (χ1n) is 3.14. The zero-order chi connectivity index (χ0) is 7.03. The monoisotopic (exact) mass is 156 g/mol. The van der Waals surface area contributed by atoms with Crippen LogP contribution in [0.1, 0.15) is 5.56 Å². The van der Waals surface area contributed by atoms with E-state index in [-0.39, 0.29) is 0 Å². The average molecular weight is 156 g/mol. The Balaban J connectivity index is 2.27. The Kier molecular flexibility index (Phi) is 1.28. The lowest BCUT2D eigenvalue weighted by Crippen LogP contribution is -2.39. The maximum atomic E-state index is 9.69. The summed E-state index contributed by atoms with van der Waals surface area (Å²) >= 11 is 1.75. The topological polar surface area (TPSA) is 33.4 Å². The van der Waals surface area contributed by atoms with Crippen molar-refractivity contribution in [2.75, 3.05) is 11.5 Å². The summed E-state index contributed by atoms with van der Waals surface area (Å²) in [6.07, 6.45) is 3.20. The molecule has 1 N–H and O–H groups in total. The molecule has 0 bridgehead atoms. The van der Waals surface area contributed by atoms with Gasteiger partial charge in [-0.1, -0.05) is 0 Å². The summed E-state index contributed by atoms with van der Waals surface area (Å²) in [5, 5.41) is 9.69. The van der Waals surface area contributed by atoms with Crippen LogP contribution in [0, 0.1) is 0 Å².